The average Bonchev–Trinajstić information content (AvgIpc) is 2.46. The molecule has 0 atom stereocenters. The van der Waals surface area contributed by atoms with Gasteiger partial charge in [0.2, 0.25) is 0 Å². The lowest BCUT2D eigenvalue weighted by Gasteiger charge is -2.02. The predicted molar refractivity (Wildman–Crippen MR) is 72.4 cm³/mol. The molecule has 0 heterocycles. The standard InChI is InChI=1S/C14H12N2O3/c1-11(15-19-14-8-3-2-4-9-14)12-6-5-7-13(10-12)16(17)18/h2-10H,1H3/b15-11+. The van der Waals surface area contributed by atoms with E-state index in [1.54, 1.807) is 31.2 Å². The molecule has 19 heavy (non-hydrogen) atoms. The van der Waals surface area contributed by atoms with Crippen molar-refractivity contribution in [2.45, 2.75) is 6.92 Å². The lowest BCUT2D eigenvalue weighted by atomic mass is 10.1. The van der Waals surface area contributed by atoms with Crippen LogP contribution in [-0.4, -0.2) is 10.6 Å². The third kappa shape index (κ3) is 3.38. The second kappa shape index (κ2) is 5.77. The Balaban J connectivity index is 2.17. The monoisotopic (exact) mass is 256 g/mol. The Labute approximate surface area is 110 Å². The molecule has 0 aromatic heterocycles. The molecule has 96 valence electrons. The fourth-order valence-corrected chi connectivity index (χ4v) is 1.50. The Morgan fingerprint density at radius 1 is 1.16 bits per heavy atom. The van der Waals surface area contributed by atoms with Gasteiger partial charge in [0.05, 0.1) is 10.6 Å². The van der Waals surface area contributed by atoms with Crippen molar-refractivity contribution >= 4 is 11.4 Å². The molecule has 0 aliphatic rings. The van der Waals surface area contributed by atoms with Gasteiger partial charge in [-0.15, -0.1) is 0 Å². The Morgan fingerprint density at radius 2 is 1.89 bits per heavy atom. The fourth-order valence-electron chi connectivity index (χ4n) is 1.50. The number of para-hydroxylation sites is 1. The van der Waals surface area contributed by atoms with Gasteiger partial charge in [-0.25, -0.2) is 0 Å². The van der Waals surface area contributed by atoms with E-state index in [4.69, 9.17) is 4.84 Å². The Bertz CT molecular complexity index is 609. The van der Waals surface area contributed by atoms with Crippen LogP contribution in [0.2, 0.25) is 0 Å². The van der Waals surface area contributed by atoms with Crippen LogP contribution in [0.1, 0.15) is 12.5 Å². The van der Waals surface area contributed by atoms with E-state index in [1.165, 1.54) is 12.1 Å². The summed E-state index contributed by atoms with van der Waals surface area (Å²) in [6, 6.07) is 15.4. The van der Waals surface area contributed by atoms with Crippen molar-refractivity contribution in [3.05, 3.63) is 70.3 Å². The summed E-state index contributed by atoms with van der Waals surface area (Å²) >= 11 is 0. The summed E-state index contributed by atoms with van der Waals surface area (Å²) < 4.78 is 0. The second-order valence-corrected chi connectivity index (χ2v) is 3.89. The minimum atomic E-state index is -0.436. The molecule has 0 fully saturated rings. The van der Waals surface area contributed by atoms with Crippen LogP contribution in [0.4, 0.5) is 5.69 Å². The number of nitro benzene ring substituents is 1. The van der Waals surface area contributed by atoms with Crippen molar-refractivity contribution in [1.82, 2.24) is 0 Å². The summed E-state index contributed by atoms with van der Waals surface area (Å²) in [6.45, 7) is 1.74. The molecule has 0 amide bonds. The van der Waals surface area contributed by atoms with Crippen LogP contribution in [0.3, 0.4) is 0 Å². The molecule has 0 bridgehead atoms. The van der Waals surface area contributed by atoms with Crippen LogP contribution in [0.5, 0.6) is 5.75 Å². The molecule has 2 aromatic carbocycles. The molecule has 0 aliphatic carbocycles. The van der Waals surface area contributed by atoms with Crippen molar-refractivity contribution < 1.29 is 9.76 Å². The van der Waals surface area contributed by atoms with Crippen molar-refractivity contribution in [3.63, 3.8) is 0 Å². The molecule has 2 aromatic rings. The quantitative estimate of drug-likeness (QED) is 0.478. The van der Waals surface area contributed by atoms with Gasteiger partial charge < -0.3 is 4.84 Å². The van der Waals surface area contributed by atoms with Crippen molar-refractivity contribution in [2.24, 2.45) is 5.16 Å². The predicted octanol–water partition coefficient (Wildman–Crippen LogP) is 3.40. The summed E-state index contributed by atoms with van der Waals surface area (Å²) in [5, 5.41) is 14.6. The van der Waals surface area contributed by atoms with Crippen LogP contribution >= 0.6 is 0 Å². The summed E-state index contributed by atoms with van der Waals surface area (Å²) in [6.07, 6.45) is 0. The zero-order chi connectivity index (χ0) is 13.7. The highest BCUT2D eigenvalue weighted by atomic mass is 16.6. The van der Waals surface area contributed by atoms with Gasteiger partial charge in [0.1, 0.15) is 0 Å². The van der Waals surface area contributed by atoms with E-state index >= 15 is 0 Å². The highest BCUT2D eigenvalue weighted by Gasteiger charge is 2.07. The van der Waals surface area contributed by atoms with Crippen LogP contribution in [0.15, 0.2) is 59.8 Å². The number of hydrogen-bond donors (Lipinski definition) is 0. The lowest BCUT2D eigenvalue weighted by Crippen LogP contribution is -1.99. The SMILES string of the molecule is C/C(=N\Oc1ccccc1)c1cccc([N+](=O)[O-])c1. The normalized spacial score (nSPS) is 11.1. The van der Waals surface area contributed by atoms with E-state index in [1.807, 2.05) is 18.2 Å². The minimum absolute atomic E-state index is 0.0340. The van der Waals surface area contributed by atoms with Crippen molar-refractivity contribution in [1.29, 1.82) is 0 Å². The van der Waals surface area contributed by atoms with Gasteiger partial charge in [0, 0.05) is 17.7 Å². The molecule has 5 nitrogen and oxygen atoms in total. The van der Waals surface area contributed by atoms with E-state index in [2.05, 4.69) is 5.16 Å². The van der Waals surface area contributed by atoms with Gasteiger partial charge in [-0.2, -0.15) is 0 Å². The van der Waals surface area contributed by atoms with E-state index in [-0.39, 0.29) is 5.69 Å². The number of non-ortho nitro benzene ring substituents is 1. The van der Waals surface area contributed by atoms with Crippen molar-refractivity contribution in [3.8, 4) is 5.75 Å². The molecular weight excluding hydrogens is 244 g/mol. The Kier molecular flexibility index (Phi) is 3.87. The van der Waals surface area contributed by atoms with E-state index in [9.17, 15) is 10.1 Å². The number of hydrogen-bond acceptors (Lipinski definition) is 4. The maximum absolute atomic E-state index is 10.7. The van der Waals surface area contributed by atoms with E-state index in [0.29, 0.717) is 17.0 Å². The Morgan fingerprint density at radius 3 is 2.58 bits per heavy atom. The maximum Gasteiger partial charge on any atom is 0.270 e. The smallest absolute Gasteiger partial charge is 0.270 e. The molecule has 2 rings (SSSR count). The zero-order valence-corrected chi connectivity index (χ0v) is 10.3. The van der Waals surface area contributed by atoms with Crippen LogP contribution in [0.25, 0.3) is 0 Å². The first-order valence-corrected chi connectivity index (χ1v) is 5.68. The van der Waals surface area contributed by atoms with Gasteiger partial charge >= 0.3 is 0 Å². The molecule has 0 unspecified atom stereocenters. The fraction of sp³-hybridized carbons (Fsp3) is 0.0714. The molecule has 0 radical (unpaired) electrons. The van der Waals surface area contributed by atoms with Crippen LogP contribution in [-0.2, 0) is 0 Å². The molecular formula is C14H12N2O3. The first-order chi connectivity index (χ1) is 9.16. The minimum Gasteiger partial charge on any atom is -0.357 e. The Hall–Kier alpha value is -2.69. The molecule has 0 N–H and O–H groups in total. The number of nitro groups is 1. The first kappa shape index (κ1) is 12.8. The summed E-state index contributed by atoms with van der Waals surface area (Å²) in [5.41, 5.74) is 1.27. The largest absolute Gasteiger partial charge is 0.357 e. The number of nitrogens with zero attached hydrogens (tertiary/aromatic N) is 2. The highest BCUT2D eigenvalue weighted by Crippen LogP contribution is 2.15. The third-order valence-electron chi connectivity index (χ3n) is 2.51. The number of benzene rings is 2. The summed E-state index contributed by atoms with van der Waals surface area (Å²) in [4.78, 5) is 15.5. The first-order valence-electron chi connectivity index (χ1n) is 5.68. The van der Waals surface area contributed by atoms with E-state index < -0.39 is 4.92 Å². The highest BCUT2D eigenvalue weighted by molar-refractivity contribution is 5.98. The second-order valence-electron chi connectivity index (χ2n) is 3.89. The number of rotatable bonds is 4. The third-order valence-corrected chi connectivity index (χ3v) is 2.51. The molecule has 0 spiro atoms. The summed E-state index contributed by atoms with van der Waals surface area (Å²) in [5.74, 6) is 0.618. The topological polar surface area (TPSA) is 64.7 Å². The van der Waals surface area contributed by atoms with Gasteiger partial charge in [0.25, 0.3) is 5.69 Å². The lowest BCUT2D eigenvalue weighted by molar-refractivity contribution is -0.384. The van der Waals surface area contributed by atoms with Gasteiger partial charge in [0.15, 0.2) is 5.75 Å². The maximum atomic E-state index is 10.7. The molecule has 0 aliphatic heterocycles. The number of oxime groups is 1. The van der Waals surface area contributed by atoms with Gasteiger partial charge in [-0.3, -0.25) is 10.1 Å². The molecule has 5 heteroatoms. The molecule has 0 saturated carbocycles. The molecule has 0 saturated heterocycles. The zero-order valence-electron chi connectivity index (χ0n) is 10.3. The van der Waals surface area contributed by atoms with Gasteiger partial charge in [-0.1, -0.05) is 35.5 Å². The summed E-state index contributed by atoms with van der Waals surface area (Å²) in [7, 11) is 0. The van der Waals surface area contributed by atoms with Gasteiger partial charge in [-0.05, 0) is 19.1 Å². The average molecular weight is 256 g/mol. The van der Waals surface area contributed by atoms with Crippen molar-refractivity contribution in [2.75, 3.05) is 0 Å². The van der Waals surface area contributed by atoms with E-state index in [0.717, 1.165) is 0 Å². The van der Waals surface area contributed by atoms with Crippen LogP contribution < -0.4 is 4.84 Å². The van der Waals surface area contributed by atoms with Crippen LogP contribution in [0, 0.1) is 10.1 Å².